The topological polar surface area (TPSA) is 26.3 Å². The summed E-state index contributed by atoms with van der Waals surface area (Å²) in [5, 5.41) is 0. The number of hydrogen-bond acceptors (Lipinski definition) is 2. The van der Waals surface area contributed by atoms with Crippen molar-refractivity contribution in [1.82, 2.24) is 0 Å². The fourth-order valence-electron chi connectivity index (χ4n) is 1.76. The van der Waals surface area contributed by atoms with Crippen LogP contribution in [0.25, 0.3) is 0 Å². The molecule has 3 heteroatoms. The van der Waals surface area contributed by atoms with Gasteiger partial charge in [0.15, 0.2) is 0 Å². The fourth-order valence-corrected chi connectivity index (χ4v) is 1.76. The summed E-state index contributed by atoms with van der Waals surface area (Å²) in [4.78, 5) is 10.9. The molecule has 1 saturated carbocycles. The Kier molecular flexibility index (Phi) is 3.28. The SMILES string of the molecule is CCC(=O)OC(C)C1(F)CCCC1. The van der Waals surface area contributed by atoms with Gasteiger partial charge in [0.05, 0.1) is 0 Å². The summed E-state index contributed by atoms with van der Waals surface area (Å²) in [5.41, 5.74) is -1.26. The highest BCUT2D eigenvalue weighted by Crippen LogP contribution is 2.37. The Morgan fingerprint density at radius 1 is 1.54 bits per heavy atom. The summed E-state index contributed by atoms with van der Waals surface area (Å²) < 4.78 is 18.9. The third-order valence-electron chi connectivity index (χ3n) is 2.76. The minimum Gasteiger partial charge on any atom is -0.459 e. The van der Waals surface area contributed by atoms with Crippen molar-refractivity contribution in [3.8, 4) is 0 Å². The molecule has 0 aromatic heterocycles. The minimum absolute atomic E-state index is 0.309. The average molecular weight is 188 g/mol. The Balaban J connectivity index is 2.46. The Hall–Kier alpha value is -0.600. The van der Waals surface area contributed by atoms with Gasteiger partial charge in [0.2, 0.25) is 0 Å². The van der Waals surface area contributed by atoms with Crippen LogP contribution in [0.4, 0.5) is 4.39 Å². The van der Waals surface area contributed by atoms with E-state index >= 15 is 0 Å². The van der Waals surface area contributed by atoms with E-state index in [4.69, 9.17) is 4.74 Å². The summed E-state index contributed by atoms with van der Waals surface area (Å²) in [6, 6.07) is 0. The summed E-state index contributed by atoms with van der Waals surface area (Å²) in [6.45, 7) is 3.37. The maximum absolute atomic E-state index is 13.9. The summed E-state index contributed by atoms with van der Waals surface area (Å²) in [6.07, 6.45) is 2.62. The van der Waals surface area contributed by atoms with Gasteiger partial charge in [-0.1, -0.05) is 6.92 Å². The zero-order valence-corrected chi connectivity index (χ0v) is 8.31. The molecule has 0 amide bonds. The van der Waals surface area contributed by atoms with E-state index in [1.165, 1.54) is 0 Å². The second kappa shape index (κ2) is 4.07. The number of carbonyl (C=O) groups is 1. The summed E-state index contributed by atoms with van der Waals surface area (Å²) in [7, 11) is 0. The van der Waals surface area contributed by atoms with E-state index in [0.717, 1.165) is 12.8 Å². The molecule has 0 aromatic carbocycles. The normalized spacial score (nSPS) is 22.7. The van der Waals surface area contributed by atoms with Gasteiger partial charge in [-0.15, -0.1) is 0 Å². The third-order valence-corrected chi connectivity index (χ3v) is 2.76. The molecular weight excluding hydrogens is 171 g/mol. The van der Waals surface area contributed by atoms with Crippen molar-refractivity contribution in [3.63, 3.8) is 0 Å². The molecule has 0 bridgehead atoms. The molecule has 1 aliphatic carbocycles. The number of halogens is 1. The highest BCUT2D eigenvalue weighted by molar-refractivity contribution is 5.69. The summed E-state index contributed by atoms with van der Waals surface area (Å²) in [5.74, 6) is -0.309. The van der Waals surface area contributed by atoms with Gasteiger partial charge in [-0.3, -0.25) is 4.79 Å². The van der Waals surface area contributed by atoms with Gasteiger partial charge >= 0.3 is 5.97 Å². The number of hydrogen-bond donors (Lipinski definition) is 0. The first kappa shape index (κ1) is 10.5. The van der Waals surface area contributed by atoms with Crippen LogP contribution in [-0.4, -0.2) is 17.7 Å². The zero-order valence-electron chi connectivity index (χ0n) is 8.31. The molecule has 76 valence electrons. The van der Waals surface area contributed by atoms with E-state index in [2.05, 4.69) is 0 Å². The lowest BCUT2D eigenvalue weighted by Crippen LogP contribution is -2.36. The van der Waals surface area contributed by atoms with Gasteiger partial charge in [-0.25, -0.2) is 4.39 Å². The quantitative estimate of drug-likeness (QED) is 0.636. The first-order chi connectivity index (χ1) is 6.08. The Morgan fingerprint density at radius 3 is 2.54 bits per heavy atom. The van der Waals surface area contributed by atoms with Crippen molar-refractivity contribution < 1.29 is 13.9 Å². The number of carbonyl (C=O) groups excluding carboxylic acids is 1. The molecular formula is C10H17FO2. The van der Waals surface area contributed by atoms with Crippen molar-refractivity contribution in [2.75, 3.05) is 0 Å². The third kappa shape index (κ3) is 2.42. The number of esters is 1. The highest BCUT2D eigenvalue weighted by atomic mass is 19.1. The molecule has 1 atom stereocenters. The van der Waals surface area contributed by atoms with Gasteiger partial charge in [-0.05, 0) is 32.6 Å². The molecule has 1 fully saturated rings. The molecule has 0 aromatic rings. The zero-order chi connectivity index (χ0) is 9.90. The van der Waals surface area contributed by atoms with Gasteiger partial charge in [0.25, 0.3) is 0 Å². The van der Waals surface area contributed by atoms with Gasteiger partial charge in [-0.2, -0.15) is 0 Å². The van der Waals surface area contributed by atoms with Crippen molar-refractivity contribution >= 4 is 5.97 Å². The van der Waals surface area contributed by atoms with Crippen LogP contribution in [0.15, 0.2) is 0 Å². The predicted molar refractivity (Wildman–Crippen MR) is 48.2 cm³/mol. The van der Waals surface area contributed by atoms with Crippen LogP contribution < -0.4 is 0 Å². The van der Waals surface area contributed by atoms with E-state index in [-0.39, 0.29) is 5.97 Å². The maximum atomic E-state index is 13.9. The number of ether oxygens (including phenoxy) is 1. The number of rotatable bonds is 3. The molecule has 1 unspecified atom stereocenters. The van der Waals surface area contributed by atoms with Crippen LogP contribution >= 0.6 is 0 Å². The largest absolute Gasteiger partial charge is 0.459 e. The van der Waals surface area contributed by atoms with Crippen molar-refractivity contribution in [2.45, 2.75) is 57.7 Å². The van der Waals surface area contributed by atoms with Gasteiger partial charge < -0.3 is 4.74 Å². The fraction of sp³-hybridized carbons (Fsp3) is 0.900. The molecule has 2 nitrogen and oxygen atoms in total. The molecule has 1 aliphatic rings. The van der Waals surface area contributed by atoms with E-state index in [0.29, 0.717) is 19.3 Å². The van der Waals surface area contributed by atoms with Crippen molar-refractivity contribution in [1.29, 1.82) is 0 Å². The minimum atomic E-state index is -1.26. The lowest BCUT2D eigenvalue weighted by atomic mass is 9.98. The first-order valence-corrected chi connectivity index (χ1v) is 4.97. The first-order valence-electron chi connectivity index (χ1n) is 4.97. The van der Waals surface area contributed by atoms with Gasteiger partial charge in [0, 0.05) is 6.42 Å². The Morgan fingerprint density at radius 2 is 2.08 bits per heavy atom. The molecule has 1 rings (SSSR count). The Bertz CT molecular complexity index is 185. The molecule has 0 aliphatic heterocycles. The van der Waals surface area contributed by atoms with Gasteiger partial charge in [0.1, 0.15) is 11.8 Å². The van der Waals surface area contributed by atoms with E-state index in [1.54, 1.807) is 13.8 Å². The smallest absolute Gasteiger partial charge is 0.305 e. The highest BCUT2D eigenvalue weighted by Gasteiger charge is 2.41. The molecule has 0 spiro atoms. The lowest BCUT2D eigenvalue weighted by Gasteiger charge is -2.26. The van der Waals surface area contributed by atoms with Crippen LogP contribution in [0.3, 0.4) is 0 Å². The van der Waals surface area contributed by atoms with Crippen molar-refractivity contribution in [2.24, 2.45) is 0 Å². The molecule has 13 heavy (non-hydrogen) atoms. The van der Waals surface area contributed by atoms with Crippen LogP contribution in [0, 0.1) is 0 Å². The van der Waals surface area contributed by atoms with E-state index in [9.17, 15) is 9.18 Å². The summed E-state index contributed by atoms with van der Waals surface area (Å²) >= 11 is 0. The van der Waals surface area contributed by atoms with Crippen LogP contribution in [-0.2, 0) is 9.53 Å². The second-order valence-electron chi connectivity index (χ2n) is 3.73. The standard InChI is InChI=1S/C10H17FO2/c1-3-9(12)13-8(2)10(11)6-4-5-7-10/h8H,3-7H2,1-2H3. The number of alkyl halides is 1. The van der Waals surface area contributed by atoms with Crippen molar-refractivity contribution in [3.05, 3.63) is 0 Å². The molecule has 0 heterocycles. The molecule has 0 N–H and O–H groups in total. The Labute approximate surface area is 78.5 Å². The van der Waals surface area contributed by atoms with Crippen LogP contribution in [0.1, 0.15) is 46.0 Å². The lowest BCUT2D eigenvalue weighted by molar-refractivity contribution is -0.155. The van der Waals surface area contributed by atoms with E-state index < -0.39 is 11.8 Å². The molecule has 0 radical (unpaired) electrons. The van der Waals surface area contributed by atoms with Crippen LogP contribution in [0.5, 0.6) is 0 Å². The predicted octanol–water partition coefficient (Wildman–Crippen LogP) is 2.61. The second-order valence-corrected chi connectivity index (χ2v) is 3.73. The van der Waals surface area contributed by atoms with E-state index in [1.807, 2.05) is 0 Å². The maximum Gasteiger partial charge on any atom is 0.305 e. The van der Waals surface area contributed by atoms with Crippen LogP contribution in [0.2, 0.25) is 0 Å². The molecule has 0 saturated heterocycles. The monoisotopic (exact) mass is 188 g/mol. The average Bonchev–Trinajstić information content (AvgIpc) is 2.53.